The molecule has 0 saturated carbocycles. The van der Waals surface area contributed by atoms with E-state index >= 15 is 0 Å². The van der Waals surface area contributed by atoms with Gasteiger partial charge < -0.3 is 0 Å². The fourth-order valence-electron chi connectivity index (χ4n) is 5.48. The van der Waals surface area contributed by atoms with E-state index in [1.807, 2.05) is 12.3 Å². The maximum Gasteiger partial charge on any atom is 0.144 e. The van der Waals surface area contributed by atoms with Crippen LogP contribution in [-0.2, 0) is 12.8 Å². The Morgan fingerprint density at radius 3 is 2.41 bits per heavy atom. The molecular formula is C30H24N4. The molecule has 2 aromatic carbocycles. The largest absolute Gasteiger partial charge is 0.299 e. The van der Waals surface area contributed by atoms with E-state index in [2.05, 4.69) is 94.0 Å². The molecule has 164 valence electrons. The lowest BCUT2D eigenvalue weighted by Crippen LogP contribution is -2.07. The van der Waals surface area contributed by atoms with Crippen LogP contribution in [0.15, 0.2) is 97.3 Å². The lowest BCUT2D eigenvalue weighted by molar-refractivity contribution is 0.666. The highest BCUT2D eigenvalue weighted by Crippen LogP contribution is 2.36. The fraction of sp³-hybridized carbons (Fsp3) is 0.133. The molecule has 1 aliphatic rings. The molecule has 34 heavy (non-hydrogen) atoms. The molecule has 0 aliphatic heterocycles. The molecule has 0 saturated heterocycles. The van der Waals surface area contributed by atoms with E-state index in [9.17, 15) is 0 Å². The SMILES string of the molecule is c1ccc(-c2c(-c3ccc(-n4c5c(c6cccnc64)CCCC5)cc3)nc3ccccn23)cc1. The Morgan fingerprint density at radius 1 is 0.706 bits per heavy atom. The number of rotatable bonds is 3. The lowest BCUT2D eigenvalue weighted by atomic mass is 9.96. The number of benzene rings is 2. The summed E-state index contributed by atoms with van der Waals surface area (Å²) in [5, 5.41) is 1.30. The molecule has 0 amide bonds. The van der Waals surface area contributed by atoms with Gasteiger partial charge in [-0.2, -0.15) is 0 Å². The number of hydrogen-bond acceptors (Lipinski definition) is 2. The van der Waals surface area contributed by atoms with Crippen LogP contribution in [0, 0.1) is 0 Å². The summed E-state index contributed by atoms with van der Waals surface area (Å²) in [6.45, 7) is 0. The summed E-state index contributed by atoms with van der Waals surface area (Å²) >= 11 is 0. The van der Waals surface area contributed by atoms with Crippen molar-refractivity contribution in [3.63, 3.8) is 0 Å². The van der Waals surface area contributed by atoms with Gasteiger partial charge in [0.15, 0.2) is 0 Å². The minimum atomic E-state index is 0.954. The zero-order chi connectivity index (χ0) is 22.5. The van der Waals surface area contributed by atoms with Gasteiger partial charge in [-0.3, -0.25) is 8.97 Å². The average Bonchev–Trinajstić information content (AvgIpc) is 3.46. The number of aryl methyl sites for hydroxylation is 1. The fourth-order valence-corrected chi connectivity index (χ4v) is 5.48. The van der Waals surface area contributed by atoms with Gasteiger partial charge in [0.05, 0.1) is 11.4 Å². The summed E-state index contributed by atoms with van der Waals surface area (Å²) in [4.78, 5) is 9.79. The van der Waals surface area contributed by atoms with E-state index in [0.29, 0.717) is 0 Å². The van der Waals surface area contributed by atoms with Crippen molar-refractivity contribution in [2.75, 3.05) is 0 Å². The lowest BCUT2D eigenvalue weighted by Gasteiger charge is -2.16. The third-order valence-electron chi connectivity index (χ3n) is 7.01. The van der Waals surface area contributed by atoms with E-state index in [0.717, 1.165) is 46.7 Å². The van der Waals surface area contributed by atoms with Crippen molar-refractivity contribution in [2.24, 2.45) is 0 Å². The normalized spacial score (nSPS) is 13.4. The van der Waals surface area contributed by atoms with Crippen LogP contribution in [0.1, 0.15) is 24.1 Å². The van der Waals surface area contributed by atoms with Crippen LogP contribution in [0.4, 0.5) is 0 Å². The topological polar surface area (TPSA) is 35.1 Å². The van der Waals surface area contributed by atoms with Crippen molar-refractivity contribution in [1.82, 2.24) is 18.9 Å². The number of fused-ring (bicyclic) bond motifs is 4. The molecule has 6 aromatic rings. The Bertz CT molecular complexity index is 1640. The summed E-state index contributed by atoms with van der Waals surface area (Å²) < 4.78 is 4.55. The highest BCUT2D eigenvalue weighted by Gasteiger charge is 2.22. The Kier molecular flexibility index (Phi) is 4.37. The van der Waals surface area contributed by atoms with Gasteiger partial charge in [0.25, 0.3) is 0 Å². The second-order valence-corrected chi connectivity index (χ2v) is 8.99. The van der Waals surface area contributed by atoms with Gasteiger partial charge in [0, 0.05) is 40.3 Å². The summed E-state index contributed by atoms with van der Waals surface area (Å²) in [7, 11) is 0. The molecular weight excluding hydrogens is 416 g/mol. The van der Waals surface area contributed by atoms with Crippen LogP contribution in [0.25, 0.3) is 44.9 Å². The van der Waals surface area contributed by atoms with Crippen LogP contribution in [0.2, 0.25) is 0 Å². The van der Waals surface area contributed by atoms with E-state index in [1.165, 1.54) is 35.2 Å². The van der Waals surface area contributed by atoms with Gasteiger partial charge in [-0.05, 0) is 67.6 Å². The van der Waals surface area contributed by atoms with Crippen molar-refractivity contribution in [1.29, 1.82) is 0 Å². The smallest absolute Gasteiger partial charge is 0.144 e. The Labute approximate surface area is 198 Å². The quantitative estimate of drug-likeness (QED) is 0.300. The third-order valence-corrected chi connectivity index (χ3v) is 7.01. The molecule has 1 aliphatic carbocycles. The maximum atomic E-state index is 5.02. The van der Waals surface area contributed by atoms with E-state index in [4.69, 9.17) is 9.97 Å². The monoisotopic (exact) mass is 440 g/mol. The predicted octanol–water partition coefficient (Wildman–Crippen LogP) is 6.89. The Balaban J connectivity index is 1.39. The first-order valence-corrected chi connectivity index (χ1v) is 12.0. The van der Waals surface area contributed by atoms with Gasteiger partial charge in [-0.1, -0.05) is 48.5 Å². The highest BCUT2D eigenvalue weighted by molar-refractivity contribution is 5.85. The van der Waals surface area contributed by atoms with Gasteiger partial charge in [0.1, 0.15) is 11.3 Å². The van der Waals surface area contributed by atoms with Crippen molar-refractivity contribution in [2.45, 2.75) is 25.7 Å². The Hall–Kier alpha value is -4.18. The van der Waals surface area contributed by atoms with Crippen LogP contribution in [0.3, 0.4) is 0 Å². The molecule has 4 heterocycles. The standard InChI is InChI=1S/C30H24N4/c1-2-9-22(10-3-1)29-28(32-27-14-6-7-20-33(27)29)21-15-17-23(18-16-21)34-26-13-5-4-11-24(26)25-12-8-19-31-30(25)34/h1-3,6-10,12,14-20H,4-5,11,13H2. The summed E-state index contributed by atoms with van der Waals surface area (Å²) in [5.41, 5.74) is 10.5. The van der Waals surface area contributed by atoms with Crippen molar-refractivity contribution in [3.8, 4) is 28.2 Å². The zero-order valence-electron chi connectivity index (χ0n) is 18.9. The summed E-state index contributed by atoms with van der Waals surface area (Å²) in [6, 6.07) is 29.8. The van der Waals surface area contributed by atoms with Crippen LogP contribution < -0.4 is 0 Å². The first-order chi connectivity index (χ1) is 16.9. The van der Waals surface area contributed by atoms with Gasteiger partial charge >= 0.3 is 0 Å². The maximum absolute atomic E-state index is 5.02. The van der Waals surface area contributed by atoms with E-state index < -0.39 is 0 Å². The van der Waals surface area contributed by atoms with E-state index in [1.54, 1.807) is 0 Å². The highest BCUT2D eigenvalue weighted by atomic mass is 15.1. The first-order valence-electron chi connectivity index (χ1n) is 12.0. The number of hydrogen-bond donors (Lipinski definition) is 0. The summed E-state index contributed by atoms with van der Waals surface area (Å²) in [5.74, 6) is 0. The molecule has 0 spiro atoms. The molecule has 4 nitrogen and oxygen atoms in total. The molecule has 0 unspecified atom stereocenters. The molecule has 0 N–H and O–H groups in total. The molecule has 4 heteroatoms. The molecule has 0 atom stereocenters. The average molecular weight is 441 g/mol. The number of pyridine rings is 2. The minimum Gasteiger partial charge on any atom is -0.299 e. The molecule has 4 aromatic heterocycles. The van der Waals surface area contributed by atoms with Crippen molar-refractivity contribution < 1.29 is 0 Å². The zero-order valence-corrected chi connectivity index (χ0v) is 18.9. The second kappa shape index (κ2) is 7.70. The third kappa shape index (κ3) is 2.92. The van der Waals surface area contributed by atoms with Crippen molar-refractivity contribution >= 4 is 16.7 Å². The van der Waals surface area contributed by atoms with E-state index in [-0.39, 0.29) is 0 Å². The predicted molar refractivity (Wildman–Crippen MR) is 137 cm³/mol. The molecule has 0 bridgehead atoms. The van der Waals surface area contributed by atoms with Crippen LogP contribution in [0.5, 0.6) is 0 Å². The molecule has 0 radical (unpaired) electrons. The van der Waals surface area contributed by atoms with Crippen molar-refractivity contribution in [3.05, 3.63) is 109 Å². The first kappa shape index (κ1) is 19.3. The molecule has 0 fully saturated rings. The second-order valence-electron chi connectivity index (χ2n) is 8.99. The van der Waals surface area contributed by atoms with Gasteiger partial charge in [-0.15, -0.1) is 0 Å². The van der Waals surface area contributed by atoms with Crippen LogP contribution >= 0.6 is 0 Å². The van der Waals surface area contributed by atoms with Gasteiger partial charge in [-0.25, -0.2) is 9.97 Å². The van der Waals surface area contributed by atoms with Gasteiger partial charge in [0.2, 0.25) is 0 Å². The van der Waals surface area contributed by atoms with Crippen LogP contribution in [-0.4, -0.2) is 18.9 Å². The number of imidazole rings is 1. The number of aromatic nitrogens is 4. The summed E-state index contributed by atoms with van der Waals surface area (Å²) in [6.07, 6.45) is 8.75. The minimum absolute atomic E-state index is 0.954. The molecule has 7 rings (SSSR count). The Morgan fingerprint density at radius 2 is 1.53 bits per heavy atom. The number of nitrogens with zero attached hydrogens (tertiary/aromatic N) is 4.